The molecule has 0 spiro atoms. The van der Waals surface area contributed by atoms with Crippen molar-refractivity contribution in [1.82, 2.24) is 25.1 Å². The summed E-state index contributed by atoms with van der Waals surface area (Å²) in [6.07, 6.45) is 6.19. The van der Waals surface area contributed by atoms with Gasteiger partial charge in [-0.25, -0.2) is 9.37 Å². The van der Waals surface area contributed by atoms with E-state index in [0.29, 0.717) is 17.1 Å². The van der Waals surface area contributed by atoms with Crippen LogP contribution in [0.1, 0.15) is 12.8 Å². The van der Waals surface area contributed by atoms with Crippen LogP contribution in [-0.2, 0) is 0 Å². The number of rotatable bonds is 4. The molecule has 2 aromatic heterocycles. The number of imidazole rings is 1. The van der Waals surface area contributed by atoms with Gasteiger partial charge in [0, 0.05) is 43.7 Å². The van der Waals surface area contributed by atoms with E-state index < -0.39 is 6.17 Å². The molecule has 0 radical (unpaired) electrons. The van der Waals surface area contributed by atoms with Gasteiger partial charge in [0.1, 0.15) is 11.9 Å². The van der Waals surface area contributed by atoms with Crippen LogP contribution < -0.4 is 10.2 Å². The lowest BCUT2D eigenvalue weighted by Crippen LogP contribution is -2.64. The molecule has 1 aliphatic carbocycles. The molecule has 4 heterocycles. The highest BCUT2D eigenvalue weighted by Gasteiger charge is 2.46. The Bertz CT molecular complexity index is 983. The normalized spacial score (nSPS) is 25.9. The summed E-state index contributed by atoms with van der Waals surface area (Å²) in [4.78, 5) is 5.93. The van der Waals surface area contributed by atoms with Crippen molar-refractivity contribution in [3.63, 3.8) is 0 Å². The number of hydrogen-bond acceptors (Lipinski definition) is 6. The Hall–Kier alpha value is -3.00. The molecule has 2 N–H and O–H groups in total. The number of phenols is 1. The third-order valence-electron chi connectivity index (χ3n) is 6.20. The number of hydrogen-bond donors (Lipinski definition) is 2. The predicted molar refractivity (Wildman–Crippen MR) is 108 cm³/mol. The third kappa shape index (κ3) is 3.13. The highest BCUT2D eigenvalue weighted by atomic mass is 19.1. The fraction of sp³-hybridized carbons (Fsp3) is 0.381. The van der Waals surface area contributed by atoms with E-state index in [4.69, 9.17) is 0 Å². The van der Waals surface area contributed by atoms with Crippen molar-refractivity contribution in [3.05, 3.63) is 49.1 Å². The SMILES string of the molecule is CN(c1ccc(-c2ccc(-n3ccnc3)cc2O)nn1)[C@@H]1[C@@H]2CC[C@@H](NC2)[C@H]1F. The number of nitrogens with one attached hydrogen (secondary N) is 1. The lowest BCUT2D eigenvalue weighted by molar-refractivity contribution is 0.0702. The summed E-state index contributed by atoms with van der Waals surface area (Å²) < 4.78 is 16.7. The summed E-state index contributed by atoms with van der Waals surface area (Å²) in [5.74, 6) is 1.04. The van der Waals surface area contributed by atoms with Gasteiger partial charge in [0.2, 0.25) is 0 Å². The summed E-state index contributed by atoms with van der Waals surface area (Å²) in [5.41, 5.74) is 1.98. The Kier molecular flexibility index (Phi) is 4.43. The van der Waals surface area contributed by atoms with Crippen molar-refractivity contribution >= 4 is 5.82 Å². The summed E-state index contributed by atoms with van der Waals surface area (Å²) in [7, 11) is 1.89. The highest BCUT2D eigenvalue weighted by Crippen LogP contribution is 2.36. The second-order valence-electron chi connectivity index (χ2n) is 7.85. The number of anilines is 1. The Morgan fingerprint density at radius 2 is 2.10 bits per heavy atom. The maximum Gasteiger partial charge on any atom is 0.151 e. The average molecular weight is 394 g/mol. The summed E-state index contributed by atoms with van der Waals surface area (Å²) >= 11 is 0. The van der Waals surface area contributed by atoms with E-state index in [1.54, 1.807) is 24.7 Å². The van der Waals surface area contributed by atoms with Gasteiger partial charge in [0.25, 0.3) is 0 Å². The van der Waals surface area contributed by atoms with Crippen LogP contribution in [0.25, 0.3) is 16.9 Å². The van der Waals surface area contributed by atoms with Crippen LogP contribution in [0.4, 0.5) is 10.2 Å². The molecule has 150 valence electrons. The first-order valence-corrected chi connectivity index (χ1v) is 9.87. The van der Waals surface area contributed by atoms with Gasteiger partial charge in [-0.1, -0.05) is 0 Å². The lowest BCUT2D eigenvalue weighted by atomic mass is 9.75. The van der Waals surface area contributed by atoms with Crippen molar-refractivity contribution in [1.29, 1.82) is 0 Å². The first kappa shape index (κ1) is 18.1. The van der Waals surface area contributed by atoms with Gasteiger partial charge in [0.15, 0.2) is 5.82 Å². The molecule has 2 bridgehead atoms. The first-order valence-electron chi connectivity index (χ1n) is 9.87. The predicted octanol–water partition coefficient (Wildman–Crippen LogP) is 2.56. The molecule has 2 saturated heterocycles. The van der Waals surface area contributed by atoms with Crippen LogP contribution in [0.2, 0.25) is 0 Å². The number of alkyl halides is 1. The number of fused-ring (bicyclic) bond motifs is 3. The molecular formula is C21H23FN6O. The van der Waals surface area contributed by atoms with Gasteiger partial charge in [0.05, 0.1) is 23.8 Å². The molecule has 2 aliphatic heterocycles. The number of aromatic hydroxyl groups is 1. The molecular weight excluding hydrogens is 371 g/mol. The molecule has 0 amide bonds. The summed E-state index contributed by atoms with van der Waals surface area (Å²) in [6.45, 7) is 0.850. The maximum atomic E-state index is 14.8. The zero-order valence-electron chi connectivity index (χ0n) is 16.1. The minimum absolute atomic E-state index is 0.0642. The Labute approximate surface area is 168 Å². The second-order valence-corrected chi connectivity index (χ2v) is 7.85. The number of benzene rings is 1. The number of piperidine rings is 2. The van der Waals surface area contributed by atoms with E-state index in [0.717, 1.165) is 25.1 Å². The lowest BCUT2D eigenvalue weighted by Gasteiger charge is -2.49. The van der Waals surface area contributed by atoms with Gasteiger partial charge < -0.3 is 19.9 Å². The Morgan fingerprint density at radius 3 is 2.72 bits per heavy atom. The number of halogens is 1. The molecule has 29 heavy (non-hydrogen) atoms. The van der Waals surface area contributed by atoms with Gasteiger partial charge >= 0.3 is 0 Å². The van der Waals surface area contributed by atoms with Gasteiger partial charge in [-0.05, 0) is 43.0 Å². The molecule has 8 heteroatoms. The average Bonchev–Trinajstić information content (AvgIpc) is 3.29. The molecule has 3 aliphatic rings. The second kappa shape index (κ2) is 7.11. The summed E-state index contributed by atoms with van der Waals surface area (Å²) in [6, 6.07) is 8.77. The maximum absolute atomic E-state index is 14.8. The van der Waals surface area contributed by atoms with Crippen LogP contribution in [0.15, 0.2) is 49.1 Å². The third-order valence-corrected chi connectivity index (χ3v) is 6.20. The molecule has 3 fully saturated rings. The smallest absolute Gasteiger partial charge is 0.151 e. The fourth-order valence-corrected chi connectivity index (χ4v) is 4.61. The van der Waals surface area contributed by atoms with Crippen LogP contribution in [0, 0.1) is 5.92 Å². The molecule has 1 saturated carbocycles. The van der Waals surface area contributed by atoms with Crippen molar-refractivity contribution < 1.29 is 9.50 Å². The fourth-order valence-electron chi connectivity index (χ4n) is 4.61. The van der Waals surface area contributed by atoms with Crippen LogP contribution in [0.3, 0.4) is 0 Å². The largest absolute Gasteiger partial charge is 0.507 e. The van der Waals surface area contributed by atoms with E-state index in [1.165, 1.54) is 0 Å². The van der Waals surface area contributed by atoms with Gasteiger partial charge in [-0.15, -0.1) is 10.2 Å². The molecule has 7 nitrogen and oxygen atoms in total. The Balaban J connectivity index is 1.38. The summed E-state index contributed by atoms with van der Waals surface area (Å²) in [5, 5.41) is 22.4. The van der Waals surface area contributed by atoms with E-state index in [-0.39, 0.29) is 23.8 Å². The van der Waals surface area contributed by atoms with E-state index in [9.17, 15) is 9.50 Å². The van der Waals surface area contributed by atoms with Gasteiger partial charge in [-0.2, -0.15) is 0 Å². The minimum Gasteiger partial charge on any atom is -0.507 e. The topological polar surface area (TPSA) is 79.1 Å². The zero-order valence-corrected chi connectivity index (χ0v) is 16.1. The van der Waals surface area contributed by atoms with Gasteiger partial charge in [-0.3, -0.25) is 0 Å². The van der Waals surface area contributed by atoms with E-state index in [1.807, 2.05) is 40.9 Å². The molecule has 6 rings (SSSR count). The standard InChI is InChI=1S/C21H23FN6O/c1-27(21-13-2-5-17(20(21)22)24-11-13)19-7-6-16(25-26-19)15-4-3-14(10-18(15)29)28-9-8-23-12-28/h3-4,6-10,12-13,17,20-21,24,29H,2,5,11H2,1H3/t13-,17-,20-,21-/m1/s1. The molecule has 4 atom stereocenters. The van der Waals surface area contributed by atoms with E-state index >= 15 is 0 Å². The minimum atomic E-state index is -0.909. The van der Waals surface area contributed by atoms with Crippen molar-refractivity contribution in [2.75, 3.05) is 18.5 Å². The monoisotopic (exact) mass is 394 g/mol. The number of phenolic OH excluding ortho intramolecular Hbond substituents is 1. The van der Waals surface area contributed by atoms with Crippen LogP contribution >= 0.6 is 0 Å². The van der Waals surface area contributed by atoms with Crippen molar-refractivity contribution in [2.24, 2.45) is 5.92 Å². The van der Waals surface area contributed by atoms with Crippen molar-refractivity contribution in [2.45, 2.75) is 31.1 Å². The number of aromatic nitrogens is 4. The van der Waals surface area contributed by atoms with E-state index in [2.05, 4.69) is 20.5 Å². The Morgan fingerprint density at radius 1 is 1.21 bits per heavy atom. The molecule has 3 aromatic rings. The van der Waals surface area contributed by atoms with Crippen LogP contribution in [-0.4, -0.2) is 56.7 Å². The van der Waals surface area contributed by atoms with Crippen molar-refractivity contribution in [3.8, 4) is 22.7 Å². The first-order chi connectivity index (χ1) is 14.1. The molecule has 1 aromatic carbocycles. The quantitative estimate of drug-likeness (QED) is 0.708. The number of nitrogens with zero attached hydrogens (tertiary/aromatic N) is 5. The zero-order chi connectivity index (χ0) is 20.0. The van der Waals surface area contributed by atoms with Crippen LogP contribution in [0.5, 0.6) is 5.75 Å². The molecule has 0 unspecified atom stereocenters. The highest BCUT2D eigenvalue weighted by molar-refractivity contribution is 5.69.